The fraction of sp³-hybridized carbons (Fsp3) is 0.600. The molecule has 1 N–H and O–H groups in total. The molecule has 0 aliphatic rings. The van der Waals surface area contributed by atoms with Crippen LogP contribution in [0.25, 0.3) is 0 Å². The number of halogens is 19. The number of ether oxygens (including phenoxy) is 3. The van der Waals surface area contributed by atoms with Gasteiger partial charge in [-0.05, 0) is 6.07 Å². The molecule has 1 aromatic heterocycles. The molecule has 1 rings (SSSR count). The molecule has 2 atom stereocenters. The standard InChI is InChI=1S/C15H6F19N3O3/c16-5(17)6(18)38-14(31,32)9(21,11(23,24)25)40-15(33,34)10(22,12(26,27)28)39-13(29,30)8(19,20)4-37-7-35-2-1-3-36-7/h1-3H,4H2,(H,35,36,37). The molecule has 40 heavy (non-hydrogen) atoms. The maximum Gasteiger partial charge on any atom is 0.471 e. The van der Waals surface area contributed by atoms with Crippen molar-refractivity contribution in [3.63, 3.8) is 0 Å². The van der Waals surface area contributed by atoms with Gasteiger partial charge < -0.3 is 10.1 Å². The van der Waals surface area contributed by atoms with Crippen LogP contribution in [0.15, 0.2) is 30.6 Å². The van der Waals surface area contributed by atoms with Crippen molar-refractivity contribution in [2.24, 2.45) is 0 Å². The first-order valence-corrected chi connectivity index (χ1v) is 8.90. The van der Waals surface area contributed by atoms with Crippen molar-refractivity contribution in [3.05, 3.63) is 30.6 Å². The molecule has 0 bridgehead atoms. The van der Waals surface area contributed by atoms with E-state index in [2.05, 4.69) is 9.97 Å². The number of nitrogens with zero attached hydrogens (tertiary/aromatic N) is 2. The van der Waals surface area contributed by atoms with Crippen LogP contribution >= 0.6 is 0 Å². The molecule has 0 amide bonds. The van der Waals surface area contributed by atoms with Crippen LogP contribution in [0.3, 0.4) is 0 Å². The van der Waals surface area contributed by atoms with Gasteiger partial charge in [0.05, 0.1) is 6.54 Å². The quantitative estimate of drug-likeness (QED) is 0.200. The number of aromatic nitrogens is 2. The minimum Gasteiger partial charge on any atom is -0.398 e. The summed E-state index contributed by atoms with van der Waals surface area (Å²) < 4.78 is 257. The summed E-state index contributed by atoms with van der Waals surface area (Å²) in [7, 11) is 0. The van der Waals surface area contributed by atoms with Gasteiger partial charge in [0.2, 0.25) is 5.95 Å². The van der Waals surface area contributed by atoms with E-state index in [1.54, 1.807) is 4.74 Å². The van der Waals surface area contributed by atoms with Gasteiger partial charge in [0.1, 0.15) is 0 Å². The molecule has 2 unspecified atom stereocenters. The zero-order valence-corrected chi connectivity index (χ0v) is 17.7. The number of nitrogens with one attached hydrogen (secondary N) is 1. The third kappa shape index (κ3) is 6.83. The third-order valence-electron chi connectivity index (χ3n) is 3.84. The lowest BCUT2D eigenvalue weighted by Gasteiger charge is -2.41. The SMILES string of the molecule is FC(F)=C(F)OC(F)(F)C(F)(OC(F)(F)C(F)(OC(F)(F)C(F)(F)CNc1ncccn1)C(F)(F)F)C(F)(F)F. The van der Waals surface area contributed by atoms with Crippen LogP contribution in [-0.2, 0) is 14.2 Å². The average molecular weight is 637 g/mol. The van der Waals surface area contributed by atoms with E-state index in [4.69, 9.17) is 0 Å². The lowest BCUT2D eigenvalue weighted by Crippen LogP contribution is -2.69. The number of hydrogen-bond acceptors (Lipinski definition) is 6. The lowest BCUT2D eigenvalue weighted by atomic mass is 10.2. The van der Waals surface area contributed by atoms with Crippen molar-refractivity contribution in [1.29, 1.82) is 0 Å². The Morgan fingerprint density at radius 3 is 1.43 bits per heavy atom. The molecular weight excluding hydrogens is 631 g/mol. The fourth-order valence-electron chi connectivity index (χ4n) is 1.96. The van der Waals surface area contributed by atoms with E-state index in [9.17, 15) is 83.4 Å². The summed E-state index contributed by atoms with van der Waals surface area (Å²) in [6.07, 6.45) is -41.6. The van der Waals surface area contributed by atoms with Gasteiger partial charge in [0, 0.05) is 12.4 Å². The van der Waals surface area contributed by atoms with E-state index < -0.39 is 72.9 Å². The summed E-state index contributed by atoms with van der Waals surface area (Å²) in [5, 5.41) is 1.18. The van der Waals surface area contributed by atoms with E-state index in [0.29, 0.717) is 0 Å². The fourth-order valence-corrected chi connectivity index (χ4v) is 1.96. The smallest absolute Gasteiger partial charge is 0.398 e. The van der Waals surface area contributed by atoms with Crippen LogP contribution in [0.4, 0.5) is 89.4 Å². The highest BCUT2D eigenvalue weighted by molar-refractivity contribution is 5.23. The topological polar surface area (TPSA) is 65.5 Å². The Kier molecular flexibility index (Phi) is 9.44. The molecule has 0 aliphatic carbocycles. The Morgan fingerprint density at radius 1 is 0.625 bits per heavy atom. The van der Waals surface area contributed by atoms with Crippen LogP contribution in [0, 0.1) is 0 Å². The third-order valence-corrected chi connectivity index (χ3v) is 3.84. The van der Waals surface area contributed by atoms with Gasteiger partial charge in [0.15, 0.2) is 0 Å². The average Bonchev–Trinajstić information content (AvgIpc) is 2.75. The van der Waals surface area contributed by atoms with Crippen LogP contribution in [0.2, 0.25) is 0 Å². The molecule has 0 aromatic carbocycles. The number of rotatable bonds is 12. The summed E-state index contributed by atoms with van der Waals surface area (Å²) >= 11 is 0. The Labute approximate surface area is 205 Å². The summed E-state index contributed by atoms with van der Waals surface area (Å²) in [6, 6.07) is -3.17. The van der Waals surface area contributed by atoms with Crippen molar-refractivity contribution in [3.8, 4) is 0 Å². The molecule has 6 nitrogen and oxygen atoms in total. The number of alkyl halides is 16. The van der Waals surface area contributed by atoms with Gasteiger partial charge in [-0.2, -0.15) is 83.4 Å². The lowest BCUT2D eigenvalue weighted by molar-refractivity contribution is -0.564. The van der Waals surface area contributed by atoms with Crippen molar-refractivity contribution < 1.29 is 97.6 Å². The van der Waals surface area contributed by atoms with Crippen LogP contribution < -0.4 is 5.32 Å². The predicted octanol–water partition coefficient (Wildman–Crippen LogP) is 6.84. The molecule has 0 spiro atoms. The van der Waals surface area contributed by atoms with E-state index in [1.165, 1.54) is 10.1 Å². The Morgan fingerprint density at radius 2 is 1.02 bits per heavy atom. The Bertz CT molecular complexity index is 1040. The molecule has 1 heterocycles. The van der Waals surface area contributed by atoms with Crippen molar-refractivity contribution in [2.75, 3.05) is 11.9 Å². The largest absolute Gasteiger partial charge is 0.471 e. The van der Waals surface area contributed by atoms with Crippen molar-refractivity contribution >= 4 is 5.95 Å². The highest BCUT2D eigenvalue weighted by Gasteiger charge is 2.86. The van der Waals surface area contributed by atoms with Gasteiger partial charge >= 0.3 is 60.4 Å². The second-order valence-corrected chi connectivity index (χ2v) is 6.71. The van der Waals surface area contributed by atoms with Crippen LogP contribution in [0.1, 0.15) is 0 Å². The summed E-state index contributed by atoms with van der Waals surface area (Å²) in [4.78, 5) is 6.18. The van der Waals surface area contributed by atoms with Crippen molar-refractivity contribution in [1.82, 2.24) is 9.97 Å². The van der Waals surface area contributed by atoms with E-state index in [1.807, 2.05) is 4.74 Å². The van der Waals surface area contributed by atoms with Crippen LogP contribution in [0.5, 0.6) is 0 Å². The molecule has 0 saturated heterocycles. The molecule has 0 radical (unpaired) electrons. The molecule has 1 aromatic rings. The highest BCUT2D eigenvalue weighted by Crippen LogP contribution is 2.57. The Balaban J connectivity index is 3.57. The summed E-state index contributed by atoms with van der Waals surface area (Å²) in [6.45, 7) is -2.70. The second-order valence-electron chi connectivity index (χ2n) is 6.71. The first-order chi connectivity index (χ1) is 17.6. The minimum atomic E-state index is -8.20. The van der Waals surface area contributed by atoms with E-state index in [0.717, 1.165) is 18.5 Å². The van der Waals surface area contributed by atoms with Gasteiger partial charge in [-0.1, -0.05) is 0 Å². The molecule has 0 aliphatic heterocycles. The van der Waals surface area contributed by atoms with Crippen LogP contribution in [-0.4, -0.2) is 64.8 Å². The first-order valence-electron chi connectivity index (χ1n) is 8.90. The molecule has 232 valence electrons. The Hall–Kier alpha value is -2.99. The minimum absolute atomic E-state index is 0.753. The van der Waals surface area contributed by atoms with E-state index in [-0.39, 0.29) is 0 Å². The number of hydrogen-bond donors (Lipinski definition) is 1. The van der Waals surface area contributed by atoms with Crippen molar-refractivity contribution in [2.45, 2.75) is 48.3 Å². The summed E-state index contributed by atoms with van der Waals surface area (Å²) in [5.74, 6) is -23.4. The first kappa shape index (κ1) is 35.0. The maximum atomic E-state index is 14.3. The zero-order chi connectivity index (χ0) is 31.8. The molecular formula is C15H6F19N3O3. The zero-order valence-electron chi connectivity index (χ0n) is 17.7. The second kappa shape index (κ2) is 10.8. The monoisotopic (exact) mass is 637 g/mol. The highest BCUT2D eigenvalue weighted by atomic mass is 19.4. The van der Waals surface area contributed by atoms with Gasteiger partial charge in [-0.3, -0.25) is 9.47 Å². The maximum absolute atomic E-state index is 14.3. The molecule has 0 fully saturated rings. The van der Waals surface area contributed by atoms with Gasteiger partial charge in [-0.15, -0.1) is 0 Å². The normalized spacial score (nSPS) is 17.1. The van der Waals surface area contributed by atoms with Gasteiger partial charge in [-0.25, -0.2) is 9.97 Å². The van der Waals surface area contributed by atoms with Gasteiger partial charge in [0.25, 0.3) is 0 Å². The summed E-state index contributed by atoms with van der Waals surface area (Å²) in [5.41, 5.74) is 0. The number of anilines is 1. The molecule has 25 heteroatoms. The predicted molar refractivity (Wildman–Crippen MR) is 83.7 cm³/mol. The van der Waals surface area contributed by atoms with E-state index >= 15 is 0 Å². The molecule has 0 saturated carbocycles.